The van der Waals surface area contributed by atoms with Crippen molar-refractivity contribution >= 4 is 23.4 Å². The van der Waals surface area contributed by atoms with Gasteiger partial charge in [0.2, 0.25) is 5.91 Å². The van der Waals surface area contributed by atoms with Crippen LogP contribution in [0.4, 0.5) is 0 Å². The van der Waals surface area contributed by atoms with Crippen molar-refractivity contribution in [3.8, 4) is 11.5 Å². The van der Waals surface area contributed by atoms with E-state index in [4.69, 9.17) is 21.1 Å². The lowest BCUT2D eigenvalue weighted by Crippen LogP contribution is -2.52. The Morgan fingerprint density at radius 2 is 1.75 bits per heavy atom. The summed E-state index contributed by atoms with van der Waals surface area (Å²) in [5.41, 5.74) is 0.784. The largest absolute Gasteiger partial charge is 0.493 e. The van der Waals surface area contributed by atoms with Crippen LogP contribution >= 0.6 is 11.6 Å². The minimum absolute atomic E-state index is 0.128. The summed E-state index contributed by atoms with van der Waals surface area (Å²) in [7, 11) is 1.55. The molecule has 0 bridgehead atoms. The van der Waals surface area contributed by atoms with E-state index in [1.807, 2.05) is 37.3 Å². The van der Waals surface area contributed by atoms with Crippen molar-refractivity contribution in [2.45, 2.75) is 57.7 Å². The van der Waals surface area contributed by atoms with Crippen LogP contribution in [0.1, 0.15) is 44.6 Å². The highest BCUT2D eigenvalue weighted by molar-refractivity contribution is 6.31. The van der Waals surface area contributed by atoms with E-state index in [2.05, 4.69) is 5.32 Å². The van der Waals surface area contributed by atoms with Gasteiger partial charge in [-0.2, -0.15) is 0 Å². The second kappa shape index (κ2) is 11.8. The maximum Gasteiger partial charge on any atom is 0.261 e. The first-order valence-electron chi connectivity index (χ1n) is 11.1. The molecule has 0 spiro atoms. The molecule has 2 aromatic rings. The number of ether oxygens (including phenoxy) is 2. The van der Waals surface area contributed by atoms with Crippen LogP contribution < -0.4 is 14.8 Å². The van der Waals surface area contributed by atoms with Gasteiger partial charge in [-0.05, 0) is 43.0 Å². The lowest BCUT2D eigenvalue weighted by molar-refractivity contribution is -0.143. The molecule has 1 atom stereocenters. The summed E-state index contributed by atoms with van der Waals surface area (Å²) in [5.74, 6) is 0.606. The van der Waals surface area contributed by atoms with Crippen LogP contribution in [0.2, 0.25) is 5.02 Å². The molecule has 0 saturated heterocycles. The van der Waals surface area contributed by atoms with Gasteiger partial charge in [-0.25, -0.2) is 0 Å². The van der Waals surface area contributed by atoms with Gasteiger partial charge in [0.05, 0.1) is 7.11 Å². The van der Waals surface area contributed by atoms with E-state index in [1.54, 1.807) is 30.2 Å². The van der Waals surface area contributed by atoms with Gasteiger partial charge in [0.1, 0.15) is 6.04 Å². The SMILES string of the molecule is CC[C@H](C(=O)NC1CCCC1)N(Cc1ccccc1Cl)C(=O)COc1ccccc1OC. The highest BCUT2D eigenvalue weighted by Gasteiger charge is 2.31. The molecule has 1 aliphatic carbocycles. The second-order valence-electron chi connectivity index (χ2n) is 7.97. The predicted molar refractivity (Wildman–Crippen MR) is 125 cm³/mol. The molecule has 7 heteroatoms. The first-order valence-corrected chi connectivity index (χ1v) is 11.5. The number of carbonyl (C=O) groups excluding carboxylic acids is 2. The number of carbonyl (C=O) groups is 2. The van der Waals surface area contributed by atoms with Crippen LogP contribution in [0.15, 0.2) is 48.5 Å². The quantitative estimate of drug-likeness (QED) is 0.565. The van der Waals surface area contributed by atoms with Crippen LogP contribution in [0, 0.1) is 0 Å². The van der Waals surface area contributed by atoms with Crippen LogP contribution in [-0.2, 0) is 16.1 Å². The number of nitrogens with zero attached hydrogens (tertiary/aromatic N) is 1. The second-order valence-corrected chi connectivity index (χ2v) is 8.37. The monoisotopic (exact) mass is 458 g/mol. The molecule has 0 aromatic heterocycles. The molecule has 0 radical (unpaired) electrons. The number of amides is 2. The lowest BCUT2D eigenvalue weighted by atomic mass is 10.1. The molecular formula is C25H31ClN2O4. The summed E-state index contributed by atoms with van der Waals surface area (Å²) < 4.78 is 11.1. The van der Waals surface area contributed by atoms with E-state index in [0.717, 1.165) is 31.2 Å². The Labute approximate surface area is 194 Å². The van der Waals surface area contributed by atoms with Crippen LogP contribution in [0.25, 0.3) is 0 Å². The smallest absolute Gasteiger partial charge is 0.261 e. The van der Waals surface area contributed by atoms with E-state index < -0.39 is 6.04 Å². The zero-order valence-corrected chi connectivity index (χ0v) is 19.4. The summed E-state index contributed by atoms with van der Waals surface area (Å²) >= 11 is 6.36. The summed E-state index contributed by atoms with van der Waals surface area (Å²) in [5, 5.41) is 3.69. The van der Waals surface area contributed by atoms with Gasteiger partial charge < -0.3 is 19.7 Å². The highest BCUT2D eigenvalue weighted by atomic mass is 35.5. The molecule has 1 N–H and O–H groups in total. The number of hydrogen-bond donors (Lipinski definition) is 1. The van der Waals surface area contributed by atoms with Gasteiger partial charge >= 0.3 is 0 Å². The molecule has 2 amide bonds. The number of para-hydroxylation sites is 2. The predicted octanol–water partition coefficient (Wildman–Crippen LogP) is 4.59. The van der Waals surface area contributed by atoms with Crippen molar-refractivity contribution in [3.63, 3.8) is 0 Å². The van der Waals surface area contributed by atoms with Gasteiger partial charge in [-0.3, -0.25) is 9.59 Å². The molecule has 1 saturated carbocycles. The Kier molecular flexibility index (Phi) is 8.80. The number of hydrogen-bond acceptors (Lipinski definition) is 4. The topological polar surface area (TPSA) is 67.9 Å². The van der Waals surface area contributed by atoms with Crippen molar-refractivity contribution in [2.24, 2.45) is 0 Å². The van der Waals surface area contributed by atoms with Crippen molar-refractivity contribution < 1.29 is 19.1 Å². The van der Waals surface area contributed by atoms with Gasteiger partial charge in [0.15, 0.2) is 18.1 Å². The first kappa shape index (κ1) is 23.9. The van der Waals surface area contributed by atoms with Crippen molar-refractivity contribution in [1.29, 1.82) is 0 Å². The van der Waals surface area contributed by atoms with E-state index in [0.29, 0.717) is 22.9 Å². The number of methoxy groups -OCH3 is 1. The Hall–Kier alpha value is -2.73. The standard InChI is InChI=1S/C25H31ClN2O4/c1-3-21(25(30)27-19-11-5-6-12-19)28(16-18-10-4-7-13-20(18)26)24(29)17-32-23-15-9-8-14-22(23)31-2/h4,7-10,13-15,19,21H,3,5-6,11-12,16-17H2,1-2H3,(H,27,30)/t21-/m1/s1. The summed E-state index contributed by atoms with van der Waals surface area (Å²) in [6, 6.07) is 14.1. The third-order valence-electron chi connectivity index (χ3n) is 5.81. The van der Waals surface area contributed by atoms with Crippen molar-refractivity contribution in [1.82, 2.24) is 10.2 Å². The Morgan fingerprint density at radius 3 is 2.41 bits per heavy atom. The van der Waals surface area contributed by atoms with Crippen LogP contribution in [0.3, 0.4) is 0 Å². The average molecular weight is 459 g/mol. The lowest BCUT2D eigenvalue weighted by Gasteiger charge is -2.31. The average Bonchev–Trinajstić information content (AvgIpc) is 3.31. The third kappa shape index (κ3) is 6.16. The number of nitrogens with one attached hydrogen (secondary N) is 1. The maximum absolute atomic E-state index is 13.3. The Bertz CT molecular complexity index is 914. The Balaban J connectivity index is 1.78. The molecule has 1 aliphatic rings. The molecule has 0 unspecified atom stereocenters. The summed E-state index contributed by atoms with van der Waals surface area (Å²) in [4.78, 5) is 28.0. The molecule has 2 aromatic carbocycles. The van der Waals surface area contributed by atoms with Gasteiger partial charge in [-0.15, -0.1) is 0 Å². The molecular weight excluding hydrogens is 428 g/mol. The number of halogens is 1. The normalized spacial score (nSPS) is 14.6. The molecule has 32 heavy (non-hydrogen) atoms. The van der Waals surface area contributed by atoms with E-state index >= 15 is 0 Å². The van der Waals surface area contributed by atoms with E-state index in [9.17, 15) is 9.59 Å². The van der Waals surface area contributed by atoms with Gasteiger partial charge in [0, 0.05) is 17.6 Å². The molecule has 6 nitrogen and oxygen atoms in total. The molecule has 0 heterocycles. The molecule has 172 valence electrons. The third-order valence-corrected chi connectivity index (χ3v) is 6.17. The summed E-state index contributed by atoms with van der Waals surface area (Å²) in [6.07, 6.45) is 4.70. The molecule has 3 rings (SSSR count). The minimum atomic E-state index is -0.611. The summed E-state index contributed by atoms with van der Waals surface area (Å²) in [6.45, 7) is 1.93. The van der Waals surface area contributed by atoms with Crippen LogP contribution in [0.5, 0.6) is 11.5 Å². The van der Waals surface area contributed by atoms with E-state index in [1.165, 1.54) is 0 Å². The number of benzene rings is 2. The highest BCUT2D eigenvalue weighted by Crippen LogP contribution is 2.26. The maximum atomic E-state index is 13.3. The van der Waals surface area contributed by atoms with Gasteiger partial charge in [-0.1, -0.05) is 61.7 Å². The van der Waals surface area contributed by atoms with Crippen molar-refractivity contribution in [3.05, 3.63) is 59.1 Å². The zero-order chi connectivity index (χ0) is 22.9. The first-order chi connectivity index (χ1) is 15.5. The molecule has 1 fully saturated rings. The molecule has 0 aliphatic heterocycles. The minimum Gasteiger partial charge on any atom is -0.493 e. The van der Waals surface area contributed by atoms with Crippen LogP contribution in [-0.4, -0.2) is 42.5 Å². The fraction of sp³-hybridized carbons (Fsp3) is 0.440. The Morgan fingerprint density at radius 1 is 1.09 bits per heavy atom. The zero-order valence-electron chi connectivity index (χ0n) is 18.7. The van der Waals surface area contributed by atoms with Crippen molar-refractivity contribution in [2.75, 3.05) is 13.7 Å². The fourth-order valence-corrected chi connectivity index (χ4v) is 4.25. The van der Waals surface area contributed by atoms with E-state index in [-0.39, 0.29) is 31.0 Å². The van der Waals surface area contributed by atoms with Gasteiger partial charge in [0.25, 0.3) is 5.91 Å². The fourth-order valence-electron chi connectivity index (χ4n) is 4.06. The number of rotatable bonds is 10.